The maximum Gasteiger partial charge on any atom is 0.321 e. The van der Waals surface area contributed by atoms with Gasteiger partial charge in [-0.15, -0.1) is 6.58 Å². The number of benzene rings is 1. The van der Waals surface area contributed by atoms with E-state index in [1.807, 2.05) is 4.90 Å². The molecule has 1 aliphatic heterocycles. The van der Waals surface area contributed by atoms with Crippen molar-refractivity contribution in [1.82, 2.24) is 4.90 Å². The van der Waals surface area contributed by atoms with Crippen molar-refractivity contribution >= 4 is 34.9 Å². The Morgan fingerprint density at radius 2 is 2.09 bits per heavy atom. The van der Waals surface area contributed by atoms with E-state index >= 15 is 0 Å². The molecule has 1 aromatic rings. The van der Waals surface area contributed by atoms with Gasteiger partial charge >= 0.3 is 6.03 Å². The van der Waals surface area contributed by atoms with Crippen LogP contribution in [0.15, 0.2) is 30.9 Å². The minimum Gasteiger partial charge on any atom is -0.377 e. The summed E-state index contributed by atoms with van der Waals surface area (Å²) in [4.78, 5) is 14.0. The lowest BCUT2D eigenvalue weighted by molar-refractivity contribution is 0.0906. The molecule has 1 aromatic carbocycles. The van der Waals surface area contributed by atoms with E-state index in [1.54, 1.807) is 24.3 Å². The highest BCUT2D eigenvalue weighted by atomic mass is 35.5. The lowest BCUT2D eigenvalue weighted by atomic mass is 9.98. The molecular weight excluding hydrogens is 323 g/mol. The Balaban J connectivity index is 1.79. The molecule has 0 radical (unpaired) electrons. The molecule has 0 bridgehead atoms. The fraction of sp³-hybridized carbons (Fsp3) is 0.438. The summed E-state index contributed by atoms with van der Waals surface area (Å²) in [5.74, 6) is 0.508. The maximum absolute atomic E-state index is 12.2. The predicted molar refractivity (Wildman–Crippen MR) is 90.8 cm³/mol. The number of hydrogen-bond donors (Lipinski definition) is 1. The first kappa shape index (κ1) is 17.1. The quantitative estimate of drug-likeness (QED) is 0.634. The van der Waals surface area contributed by atoms with Gasteiger partial charge in [-0.05, 0) is 37.0 Å². The molecule has 2 amide bonds. The number of carbonyl (C=O) groups is 1. The van der Waals surface area contributed by atoms with Gasteiger partial charge in [0, 0.05) is 25.4 Å². The van der Waals surface area contributed by atoms with Crippen LogP contribution in [0.4, 0.5) is 10.5 Å². The molecule has 1 N–H and O–H groups in total. The molecule has 2 rings (SSSR count). The Hall–Kier alpha value is -1.23. The fourth-order valence-electron chi connectivity index (χ4n) is 2.40. The van der Waals surface area contributed by atoms with Gasteiger partial charge in [0.25, 0.3) is 0 Å². The lowest BCUT2D eigenvalue weighted by Gasteiger charge is -2.31. The first-order chi connectivity index (χ1) is 10.6. The summed E-state index contributed by atoms with van der Waals surface area (Å²) < 4.78 is 5.47. The van der Waals surface area contributed by atoms with Crippen LogP contribution in [0.3, 0.4) is 0 Å². The summed E-state index contributed by atoms with van der Waals surface area (Å²) in [5, 5.41) is 3.75. The summed E-state index contributed by atoms with van der Waals surface area (Å²) in [6.07, 6.45) is 3.65. The molecule has 0 spiro atoms. The molecule has 0 aromatic heterocycles. The van der Waals surface area contributed by atoms with E-state index in [-0.39, 0.29) is 6.03 Å². The van der Waals surface area contributed by atoms with Gasteiger partial charge < -0.3 is 15.0 Å². The Morgan fingerprint density at radius 1 is 1.36 bits per heavy atom. The van der Waals surface area contributed by atoms with Gasteiger partial charge in [0.05, 0.1) is 16.7 Å². The van der Waals surface area contributed by atoms with Gasteiger partial charge in [-0.25, -0.2) is 4.79 Å². The van der Waals surface area contributed by atoms with Crippen LogP contribution in [0, 0.1) is 5.92 Å². The molecule has 0 unspecified atom stereocenters. The SMILES string of the molecule is C=CCOCC1CCN(C(=O)Nc2ccc(Cl)c(Cl)c2)CC1. The maximum atomic E-state index is 12.2. The third-order valence-electron chi connectivity index (χ3n) is 3.66. The van der Waals surface area contributed by atoms with E-state index in [4.69, 9.17) is 27.9 Å². The van der Waals surface area contributed by atoms with Crippen molar-refractivity contribution in [3.63, 3.8) is 0 Å². The van der Waals surface area contributed by atoms with E-state index in [2.05, 4.69) is 11.9 Å². The minimum absolute atomic E-state index is 0.108. The van der Waals surface area contributed by atoms with Crippen LogP contribution >= 0.6 is 23.2 Å². The summed E-state index contributed by atoms with van der Waals surface area (Å²) in [6, 6.07) is 4.95. The van der Waals surface area contributed by atoms with Crippen molar-refractivity contribution in [2.24, 2.45) is 5.92 Å². The number of hydrogen-bond acceptors (Lipinski definition) is 2. The van der Waals surface area contributed by atoms with E-state index in [0.29, 0.717) is 28.3 Å². The number of halogens is 2. The second kappa shape index (κ2) is 8.42. The summed E-state index contributed by atoms with van der Waals surface area (Å²) in [6.45, 7) is 6.40. The summed E-state index contributed by atoms with van der Waals surface area (Å²) in [7, 11) is 0. The number of amides is 2. The van der Waals surface area contributed by atoms with Gasteiger partial charge in [-0.3, -0.25) is 0 Å². The van der Waals surface area contributed by atoms with Crippen molar-refractivity contribution in [3.8, 4) is 0 Å². The van der Waals surface area contributed by atoms with Crippen LogP contribution in [0.5, 0.6) is 0 Å². The number of urea groups is 1. The predicted octanol–water partition coefficient (Wildman–Crippen LogP) is 4.44. The fourth-order valence-corrected chi connectivity index (χ4v) is 2.70. The molecule has 120 valence electrons. The number of carbonyl (C=O) groups excluding carboxylic acids is 1. The molecule has 6 heteroatoms. The van der Waals surface area contributed by atoms with Crippen LogP contribution in [0.25, 0.3) is 0 Å². The van der Waals surface area contributed by atoms with Crippen molar-refractivity contribution in [3.05, 3.63) is 40.9 Å². The van der Waals surface area contributed by atoms with Gasteiger partial charge in [-0.2, -0.15) is 0 Å². The zero-order chi connectivity index (χ0) is 15.9. The number of ether oxygens (including phenoxy) is 1. The Kier molecular flexibility index (Phi) is 6.55. The molecule has 4 nitrogen and oxygen atoms in total. The highest BCUT2D eigenvalue weighted by Gasteiger charge is 2.22. The van der Waals surface area contributed by atoms with Crippen molar-refractivity contribution in [2.45, 2.75) is 12.8 Å². The second-order valence-corrected chi connectivity index (χ2v) is 6.13. The average molecular weight is 343 g/mol. The first-order valence-electron chi connectivity index (χ1n) is 7.29. The third-order valence-corrected chi connectivity index (χ3v) is 4.40. The van der Waals surface area contributed by atoms with E-state index in [0.717, 1.165) is 32.5 Å². The minimum atomic E-state index is -0.108. The van der Waals surface area contributed by atoms with Crippen LogP contribution in [0.1, 0.15) is 12.8 Å². The number of anilines is 1. The van der Waals surface area contributed by atoms with E-state index < -0.39 is 0 Å². The topological polar surface area (TPSA) is 41.6 Å². The van der Waals surface area contributed by atoms with Crippen molar-refractivity contribution in [1.29, 1.82) is 0 Å². The standard InChI is InChI=1S/C16H20Cl2N2O2/c1-2-9-22-11-12-5-7-20(8-6-12)16(21)19-13-3-4-14(17)15(18)10-13/h2-4,10,12H,1,5-9,11H2,(H,19,21). The molecule has 0 aliphatic carbocycles. The monoisotopic (exact) mass is 342 g/mol. The van der Waals surface area contributed by atoms with E-state index in [1.165, 1.54) is 0 Å². The van der Waals surface area contributed by atoms with Crippen LogP contribution in [-0.4, -0.2) is 37.2 Å². The summed E-state index contributed by atoms with van der Waals surface area (Å²) in [5.41, 5.74) is 0.649. The number of nitrogens with one attached hydrogen (secondary N) is 1. The molecule has 0 saturated carbocycles. The average Bonchev–Trinajstić information content (AvgIpc) is 2.52. The molecule has 1 aliphatic rings. The van der Waals surface area contributed by atoms with Gasteiger partial charge in [-0.1, -0.05) is 29.3 Å². The highest BCUT2D eigenvalue weighted by molar-refractivity contribution is 6.42. The molecular formula is C16H20Cl2N2O2. The van der Waals surface area contributed by atoms with E-state index in [9.17, 15) is 4.79 Å². The number of nitrogens with zero attached hydrogens (tertiary/aromatic N) is 1. The highest BCUT2D eigenvalue weighted by Crippen LogP contribution is 2.25. The molecule has 0 atom stereocenters. The normalized spacial score (nSPS) is 15.6. The van der Waals surface area contributed by atoms with Crippen LogP contribution in [0.2, 0.25) is 10.0 Å². The Labute approximate surface area is 141 Å². The van der Waals surface area contributed by atoms with Crippen molar-refractivity contribution in [2.75, 3.05) is 31.6 Å². The Morgan fingerprint density at radius 3 is 2.73 bits per heavy atom. The van der Waals surface area contributed by atoms with Crippen LogP contribution in [-0.2, 0) is 4.74 Å². The number of rotatable bonds is 5. The largest absolute Gasteiger partial charge is 0.377 e. The van der Waals surface area contributed by atoms with Crippen molar-refractivity contribution < 1.29 is 9.53 Å². The van der Waals surface area contributed by atoms with Gasteiger partial charge in [0.1, 0.15) is 0 Å². The molecule has 1 saturated heterocycles. The Bertz CT molecular complexity index is 529. The smallest absolute Gasteiger partial charge is 0.321 e. The number of piperidine rings is 1. The first-order valence-corrected chi connectivity index (χ1v) is 8.05. The van der Waals surface area contributed by atoms with Gasteiger partial charge in [0.15, 0.2) is 0 Å². The lowest BCUT2D eigenvalue weighted by Crippen LogP contribution is -2.41. The van der Waals surface area contributed by atoms with Crippen LogP contribution < -0.4 is 5.32 Å². The molecule has 22 heavy (non-hydrogen) atoms. The second-order valence-electron chi connectivity index (χ2n) is 5.32. The molecule has 1 fully saturated rings. The number of likely N-dealkylation sites (tertiary alicyclic amines) is 1. The van der Waals surface area contributed by atoms with Gasteiger partial charge in [0.2, 0.25) is 0 Å². The molecule has 1 heterocycles. The zero-order valence-electron chi connectivity index (χ0n) is 12.4. The third kappa shape index (κ3) is 4.90. The summed E-state index contributed by atoms with van der Waals surface area (Å²) >= 11 is 11.8. The zero-order valence-corrected chi connectivity index (χ0v) is 13.9.